The molecule has 0 fully saturated rings. The Bertz CT molecular complexity index is 643. The lowest BCUT2D eigenvalue weighted by atomic mass is 10.1. The minimum Gasteiger partial charge on any atom is -0.494 e. The maximum absolute atomic E-state index is 12.3. The second-order valence-electron chi connectivity index (χ2n) is 4.95. The number of aryl methyl sites for hydroxylation is 1. The summed E-state index contributed by atoms with van der Waals surface area (Å²) in [7, 11) is 0. The van der Waals surface area contributed by atoms with Gasteiger partial charge in [-0.1, -0.05) is 6.92 Å². The molecule has 4 heteroatoms. The van der Waals surface area contributed by atoms with Gasteiger partial charge in [-0.25, -0.2) is 4.79 Å². The molecule has 0 atom stereocenters. The molecule has 0 saturated carbocycles. The van der Waals surface area contributed by atoms with Crippen LogP contribution in [0.15, 0.2) is 18.2 Å². The first-order valence-electron chi connectivity index (χ1n) is 7.56. The van der Waals surface area contributed by atoms with Gasteiger partial charge in [0.25, 0.3) is 0 Å². The normalized spacial score (nSPS) is 10.9. The molecule has 1 heterocycles. The summed E-state index contributed by atoms with van der Waals surface area (Å²) in [4.78, 5) is 12.3. The van der Waals surface area contributed by atoms with Crippen LogP contribution >= 0.6 is 0 Å². The quantitative estimate of drug-likeness (QED) is 0.756. The van der Waals surface area contributed by atoms with Crippen molar-refractivity contribution in [1.29, 1.82) is 0 Å². The first-order valence-corrected chi connectivity index (χ1v) is 7.56. The monoisotopic (exact) mass is 289 g/mol. The Morgan fingerprint density at radius 1 is 1.24 bits per heavy atom. The average molecular weight is 289 g/mol. The van der Waals surface area contributed by atoms with Gasteiger partial charge in [0.15, 0.2) is 0 Å². The van der Waals surface area contributed by atoms with Crippen LogP contribution in [0.3, 0.4) is 0 Å². The molecule has 0 unspecified atom stereocenters. The number of hydrogen-bond acceptors (Lipinski definition) is 3. The molecule has 4 nitrogen and oxygen atoms in total. The lowest BCUT2D eigenvalue weighted by molar-refractivity contribution is 0.0527. The van der Waals surface area contributed by atoms with Gasteiger partial charge in [0.05, 0.1) is 18.8 Å². The van der Waals surface area contributed by atoms with Crippen molar-refractivity contribution in [3.8, 4) is 5.75 Å². The molecule has 0 aliphatic carbocycles. The molecule has 0 amide bonds. The summed E-state index contributed by atoms with van der Waals surface area (Å²) >= 11 is 0. The van der Waals surface area contributed by atoms with E-state index in [4.69, 9.17) is 9.47 Å². The predicted molar refractivity (Wildman–Crippen MR) is 84.1 cm³/mol. The van der Waals surface area contributed by atoms with E-state index in [0.717, 1.165) is 35.3 Å². The summed E-state index contributed by atoms with van der Waals surface area (Å²) in [5.74, 6) is 0.531. The smallest absolute Gasteiger partial charge is 0.340 e. The van der Waals surface area contributed by atoms with E-state index in [1.807, 2.05) is 32.0 Å². The van der Waals surface area contributed by atoms with Crippen LogP contribution in [-0.2, 0) is 11.3 Å². The molecule has 1 aromatic heterocycles. The zero-order chi connectivity index (χ0) is 15.4. The topological polar surface area (TPSA) is 40.5 Å². The summed E-state index contributed by atoms with van der Waals surface area (Å²) in [5, 5.41) is 0.904. The summed E-state index contributed by atoms with van der Waals surface area (Å²) in [6, 6.07) is 5.91. The van der Waals surface area contributed by atoms with Crippen LogP contribution in [0, 0.1) is 6.92 Å². The van der Waals surface area contributed by atoms with Crippen LogP contribution in [0.25, 0.3) is 10.9 Å². The van der Waals surface area contributed by atoms with Crippen LogP contribution in [-0.4, -0.2) is 23.8 Å². The van der Waals surface area contributed by atoms with E-state index < -0.39 is 0 Å². The van der Waals surface area contributed by atoms with Crippen LogP contribution in [0.2, 0.25) is 0 Å². The molecule has 0 N–H and O–H groups in total. The van der Waals surface area contributed by atoms with Crippen LogP contribution < -0.4 is 4.74 Å². The number of ether oxygens (including phenoxy) is 2. The number of carbonyl (C=O) groups is 1. The minimum atomic E-state index is -0.264. The highest BCUT2D eigenvalue weighted by atomic mass is 16.5. The number of esters is 1. The SMILES string of the molecule is CCCOc1ccc2c(c1)c(C(=O)OCC)c(C)n2CC. The molecular weight excluding hydrogens is 266 g/mol. The fourth-order valence-corrected chi connectivity index (χ4v) is 2.64. The third-order valence-electron chi connectivity index (χ3n) is 3.56. The summed E-state index contributed by atoms with van der Waals surface area (Å²) in [6.45, 7) is 9.79. The van der Waals surface area contributed by atoms with Gasteiger partial charge in [-0.2, -0.15) is 0 Å². The third kappa shape index (κ3) is 2.89. The summed E-state index contributed by atoms with van der Waals surface area (Å²) < 4.78 is 13.0. The lowest BCUT2D eigenvalue weighted by Crippen LogP contribution is -2.07. The Morgan fingerprint density at radius 3 is 2.62 bits per heavy atom. The first-order chi connectivity index (χ1) is 10.1. The maximum Gasteiger partial charge on any atom is 0.340 e. The molecule has 2 rings (SSSR count). The van der Waals surface area contributed by atoms with E-state index in [2.05, 4.69) is 18.4 Å². The highest BCUT2D eigenvalue weighted by Gasteiger charge is 2.20. The highest BCUT2D eigenvalue weighted by molar-refractivity contribution is 6.06. The molecule has 0 bridgehead atoms. The van der Waals surface area contributed by atoms with Crippen LogP contribution in [0.1, 0.15) is 43.2 Å². The van der Waals surface area contributed by atoms with Crippen LogP contribution in [0.5, 0.6) is 5.75 Å². The van der Waals surface area contributed by atoms with Gasteiger partial charge in [0.1, 0.15) is 5.75 Å². The number of rotatable bonds is 6. The largest absolute Gasteiger partial charge is 0.494 e. The number of nitrogens with zero attached hydrogens (tertiary/aromatic N) is 1. The van der Waals surface area contributed by atoms with Crippen molar-refractivity contribution >= 4 is 16.9 Å². The van der Waals surface area contributed by atoms with Crippen molar-refractivity contribution in [2.24, 2.45) is 0 Å². The molecule has 0 aliphatic heterocycles. The number of benzene rings is 1. The minimum absolute atomic E-state index is 0.264. The van der Waals surface area contributed by atoms with Gasteiger partial charge < -0.3 is 14.0 Å². The number of fused-ring (bicyclic) bond motifs is 1. The van der Waals surface area contributed by atoms with Gasteiger partial charge in [-0.3, -0.25) is 0 Å². The van der Waals surface area contributed by atoms with E-state index in [-0.39, 0.29) is 5.97 Å². The predicted octanol–water partition coefficient (Wildman–Crippen LogP) is 3.94. The van der Waals surface area contributed by atoms with Gasteiger partial charge in [0, 0.05) is 23.1 Å². The Hall–Kier alpha value is -1.97. The standard InChI is InChI=1S/C17H23NO3/c1-5-10-21-13-8-9-15-14(11-13)16(17(19)20-7-3)12(4)18(15)6-2/h8-9,11H,5-7,10H2,1-4H3. The van der Waals surface area contributed by atoms with Crippen molar-refractivity contribution in [3.63, 3.8) is 0 Å². The van der Waals surface area contributed by atoms with E-state index in [9.17, 15) is 4.79 Å². The van der Waals surface area contributed by atoms with E-state index in [0.29, 0.717) is 18.8 Å². The Morgan fingerprint density at radius 2 is 2.00 bits per heavy atom. The van der Waals surface area contributed by atoms with E-state index in [1.54, 1.807) is 0 Å². The fraction of sp³-hybridized carbons (Fsp3) is 0.471. The third-order valence-corrected chi connectivity index (χ3v) is 3.56. The molecule has 2 aromatic rings. The highest BCUT2D eigenvalue weighted by Crippen LogP contribution is 2.30. The lowest BCUT2D eigenvalue weighted by Gasteiger charge is -2.06. The molecule has 1 aromatic carbocycles. The zero-order valence-corrected chi connectivity index (χ0v) is 13.2. The Kier molecular flexibility index (Phi) is 4.89. The maximum atomic E-state index is 12.3. The number of carbonyl (C=O) groups excluding carboxylic acids is 1. The summed E-state index contributed by atoms with van der Waals surface area (Å²) in [5.41, 5.74) is 2.64. The molecule has 0 radical (unpaired) electrons. The molecule has 21 heavy (non-hydrogen) atoms. The van der Waals surface area contributed by atoms with Crippen molar-refractivity contribution < 1.29 is 14.3 Å². The number of hydrogen-bond donors (Lipinski definition) is 0. The average Bonchev–Trinajstić information content (AvgIpc) is 2.76. The number of aromatic nitrogens is 1. The van der Waals surface area contributed by atoms with Gasteiger partial charge >= 0.3 is 5.97 Å². The Balaban J connectivity index is 2.58. The van der Waals surface area contributed by atoms with E-state index >= 15 is 0 Å². The first kappa shape index (κ1) is 15.4. The zero-order valence-electron chi connectivity index (χ0n) is 13.2. The molecular formula is C17H23NO3. The molecule has 0 spiro atoms. The molecule has 114 valence electrons. The summed E-state index contributed by atoms with van der Waals surface area (Å²) in [6.07, 6.45) is 0.956. The van der Waals surface area contributed by atoms with Gasteiger partial charge in [0.2, 0.25) is 0 Å². The molecule has 0 saturated heterocycles. The second-order valence-corrected chi connectivity index (χ2v) is 4.95. The van der Waals surface area contributed by atoms with Gasteiger partial charge in [-0.15, -0.1) is 0 Å². The second kappa shape index (κ2) is 6.66. The van der Waals surface area contributed by atoms with Crippen molar-refractivity contribution in [1.82, 2.24) is 4.57 Å². The van der Waals surface area contributed by atoms with Crippen molar-refractivity contribution in [3.05, 3.63) is 29.5 Å². The van der Waals surface area contributed by atoms with Crippen LogP contribution in [0.4, 0.5) is 0 Å². The fourth-order valence-electron chi connectivity index (χ4n) is 2.64. The van der Waals surface area contributed by atoms with E-state index in [1.165, 1.54) is 0 Å². The van der Waals surface area contributed by atoms with Crippen molar-refractivity contribution in [2.75, 3.05) is 13.2 Å². The van der Waals surface area contributed by atoms with Gasteiger partial charge in [-0.05, 0) is 45.4 Å². The molecule has 0 aliphatic rings. The van der Waals surface area contributed by atoms with Crippen molar-refractivity contribution in [2.45, 2.75) is 40.7 Å². The Labute approximate surface area is 125 Å².